The Hall–Kier alpha value is -4.18. The van der Waals surface area contributed by atoms with E-state index in [2.05, 4.69) is 20.5 Å². The van der Waals surface area contributed by atoms with E-state index in [0.29, 0.717) is 6.54 Å². The number of halogens is 3. The number of rotatable bonds is 8. The second-order valence-electron chi connectivity index (χ2n) is 9.06. The summed E-state index contributed by atoms with van der Waals surface area (Å²) in [4.78, 5) is 3.92. The normalized spacial score (nSPS) is 14.0. The highest BCUT2D eigenvalue weighted by Crippen LogP contribution is 2.38. The highest BCUT2D eigenvalue weighted by molar-refractivity contribution is 5.85. The van der Waals surface area contributed by atoms with Crippen molar-refractivity contribution in [1.29, 1.82) is 0 Å². The van der Waals surface area contributed by atoms with E-state index in [9.17, 15) is 18.3 Å². The van der Waals surface area contributed by atoms with Crippen LogP contribution in [-0.2, 0) is 18.7 Å². The van der Waals surface area contributed by atoms with Crippen LogP contribution in [0.25, 0.3) is 10.9 Å². The van der Waals surface area contributed by atoms with Crippen LogP contribution >= 0.6 is 0 Å². The van der Waals surface area contributed by atoms with Gasteiger partial charge in [-0.2, -0.15) is 10.2 Å². The molecule has 2 aromatic heterocycles. The number of fused-ring (bicyclic) bond motifs is 1. The molecule has 0 saturated heterocycles. The van der Waals surface area contributed by atoms with E-state index in [1.807, 2.05) is 25.1 Å². The summed E-state index contributed by atoms with van der Waals surface area (Å²) in [5, 5.41) is 24.9. The standard InChI is InChI=1S/C27H25F3N6O/c1-17-23-12-22(32-13-19-3-5-20(28)6-4-19)8-10-26(23)36(34-17)18(2)27(37,14-35-16-31-15-33-35)24-9-7-21(29)11-25(24)30/h3-12,15-16,18,32,37H,13-14H2,1-2H3/t18-,27-/m1/s1. The van der Waals surface area contributed by atoms with Crippen molar-refractivity contribution in [1.82, 2.24) is 24.5 Å². The van der Waals surface area contributed by atoms with E-state index in [4.69, 9.17) is 0 Å². The Morgan fingerprint density at radius 2 is 1.76 bits per heavy atom. The number of benzene rings is 3. The van der Waals surface area contributed by atoms with E-state index in [0.717, 1.165) is 40.0 Å². The molecule has 7 nitrogen and oxygen atoms in total. The zero-order valence-corrected chi connectivity index (χ0v) is 20.2. The number of nitrogens with one attached hydrogen (secondary N) is 1. The summed E-state index contributed by atoms with van der Waals surface area (Å²) in [7, 11) is 0. The van der Waals surface area contributed by atoms with Gasteiger partial charge in [-0.25, -0.2) is 22.8 Å². The second kappa shape index (κ2) is 9.70. The fourth-order valence-corrected chi connectivity index (χ4v) is 4.55. The van der Waals surface area contributed by atoms with Crippen LogP contribution in [0.3, 0.4) is 0 Å². The molecular weight excluding hydrogens is 481 g/mol. The molecule has 10 heteroatoms. The fourth-order valence-electron chi connectivity index (χ4n) is 4.55. The summed E-state index contributed by atoms with van der Waals surface area (Å²) in [6.07, 6.45) is 2.74. The largest absolute Gasteiger partial charge is 0.381 e. The smallest absolute Gasteiger partial charge is 0.137 e. The van der Waals surface area contributed by atoms with E-state index < -0.39 is 23.3 Å². The Kier molecular flexibility index (Phi) is 6.43. The van der Waals surface area contributed by atoms with E-state index in [-0.39, 0.29) is 17.9 Å². The molecule has 3 aromatic carbocycles. The minimum atomic E-state index is -1.84. The zero-order valence-electron chi connectivity index (χ0n) is 20.2. The van der Waals surface area contributed by atoms with Gasteiger partial charge in [-0.15, -0.1) is 0 Å². The number of aliphatic hydroxyl groups is 1. The first-order chi connectivity index (χ1) is 17.7. The fraction of sp³-hybridized carbons (Fsp3) is 0.222. The summed E-state index contributed by atoms with van der Waals surface area (Å²) in [6, 6.07) is 14.3. The van der Waals surface area contributed by atoms with Gasteiger partial charge in [0.05, 0.1) is 23.8 Å². The van der Waals surface area contributed by atoms with Gasteiger partial charge < -0.3 is 10.4 Å². The molecule has 0 aliphatic heterocycles. The summed E-state index contributed by atoms with van der Waals surface area (Å²) in [6.45, 7) is 3.96. The first-order valence-electron chi connectivity index (χ1n) is 11.7. The van der Waals surface area contributed by atoms with Crippen molar-refractivity contribution in [3.63, 3.8) is 0 Å². The van der Waals surface area contributed by atoms with Gasteiger partial charge in [0.1, 0.15) is 35.7 Å². The van der Waals surface area contributed by atoms with E-state index in [1.54, 1.807) is 23.7 Å². The van der Waals surface area contributed by atoms with Gasteiger partial charge >= 0.3 is 0 Å². The molecule has 0 radical (unpaired) electrons. The Balaban J connectivity index is 1.50. The van der Waals surface area contributed by atoms with Crippen LogP contribution in [0, 0.1) is 24.4 Å². The molecule has 0 saturated carbocycles. The minimum absolute atomic E-state index is 0.0733. The van der Waals surface area contributed by atoms with Crippen LogP contribution in [0.5, 0.6) is 0 Å². The van der Waals surface area contributed by atoms with Crippen molar-refractivity contribution in [2.24, 2.45) is 0 Å². The number of aryl methyl sites for hydroxylation is 1. The molecular formula is C27H25F3N6O. The summed E-state index contributed by atoms with van der Waals surface area (Å²) in [5.74, 6) is -1.89. The molecule has 0 fully saturated rings. The van der Waals surface area contributed by atoms with Crippen molar-refractivity contribution in [3.05, 3.63) is 108 Å². The molecule has 0 aliphatic carbocycles. The lowest BCUT2D eigenvalue weighted by Crippen LogP contribution is -2.41. The van der Waals surface area contributed by atoms with Crippen LogP contribution in [0.2, 0.25) is 0 Å². The maximum Gasteiger partial charge on any atom is 0.137 e. The molecule has 2 atom stereocenters. The van der Waals surface area contributed by atoms with Gasteiger partial charge in [0.25, 0.3) is 0 Å². The van der Waals surface area contributed by atoms with Crippen molar-refractivity contribution >= 4 is 16.6 Å². The van der Waals surface area contributed by atoms with Gasteiger partial charge in [0.15, 0.2) is 0 Å². The Labute approximate surface area is 211 Å². The van der Waals surface area contributed by atoms with Gasteiger partial charge in [-0.1, -0.05) is 18.2 Å². The first-order valence-corrected chi connectivity index (χ1v) is 11.7. The number of hydrogen-bond donors (Lipinski definition) is 2. The maximum atomic E-state index is 15.0. The molecule has 2 heterocycles. The molecule has 2 N–H and O–H groups in total. The number of hydrogen-bond acceptors (Lipinski definition) is 5. The molecule has 0 amide bonds. The van der Waals surface area contributed by atoms with Crippen LogP contribution in [0.15, 0.2) is 73.3 Å². The SMILES string of the molecule is Cc1nn([C@H](C)[C@](O)(Cn2cncn2)c2ccc(F)cc2F)c2ccc(NCc3ccc(F)cc3)cc12. The van der Waals surface area contributed by atoms with Gasteiger partial charge in [0, 0.05) is 29.2 Å². The molecule has 5 rings (SSSR count). The topological polar surface area (TPSA) is 80.8 Å². The first kappa shape index (κ1) is 24.5. The van der Waals surface area contributed by atoms with Crippen LogP contribution in [-0.4, -0.2) is 29.7 Å². The number of anilines is 1. The summed E-state index contributed by atoms with van der Waals surface area (Å²) < 4.78 is 44.9. The summed E-state index contributed by atoms with van der Waals surface area (Å²) in [5.41, 5.74) is 1.32. The third-order valence-corrected chi connectivity index (χ3v) is 6.63. The van der Waals surface area contributed by atoms with Gasteiger partial charge in [-0.3, -0.25) is 4.68 Å². The average molecular weight is 507 g/mol. The molecule has 190 valence electrons. The molecule has 0 spiro atoms. The van der Waals surface area contributed by atoms with Crippen molar-refractivity contribution in [3.8, 4) is 0 Å². The lowest BCUT2D eigenvalue weighted by molar-refractivity contribution is -0.0355. The summed E-state index contributed by atoms with van der Waals surface area (Å²) >= 11 is 0. The highest BCUT2D eigenvalue weighted by atomic mass is 19.1. The Bertz CT molecular complexity index is 1530. The van der Waals surface area contributed by atoms with Crippen LogP contribution in [0.4, 0.5) is 18.9 Å². The van der Waals surface area contributed by atoms with Crippen molar-refractivity contribution in [2.45, 2.75) is 38.6 Å². The molecule has 0 bridgehead atoms. The Morgan fingerprint density at radius 3 is 2.46 bits per heavy atom. The number of aromatic nitrogens is 5. The lowest BCUT2D eigenvalue weighted by atomic mass is 9.86. The van der Waals surface area contributed by atoms with E-state index in [1.165, 1.54) is 35.5 Å². The quantitative estimate of drug-likeness (QED) is 0.306. The molecule has 5 aromatic rings. The van der Waals surface area contributed by atoms with Crippen LogP contribution in [0.1, 0.15) is 29.8 Å². The minimum Gasteiger partial charge on any atom is -0.381 e. The van der Waals surface area contributed by atoms with Gasteiger partial charge in [-0.05, 0) is 55.8 Å². The number of nitrogens with zero attached hydrogens (tertiary/aromatic N) is 5. The average Bonchev–Trinajstić information content (AvgIpc) is 3.50. The zero-order chi connectivity index (χ0) is 26.2. The van der Waals surface area contributed by atoms with Crippen molar-refractivity contribution in [2.75, 3.05) is 5.32 Å². The second-order valence-corrected chi connectivity index (χ2v) is 9.06. The third kappa shape index (κ3) is 4.79. The monoisotopic (exact) mass is 506 g/mol. The molecule has 37 heavy (non-hydrogen) atoms. The maximum absolute atomic E-state index is 15.0. The predicted octanol–water partition coefficient (Wildman–Crippen LogP) is 5.11. The van der Waals surface area contributed by atoms with Crippen molar-refractivity contribution < 1.29 is 18.3 Å². The Morgan fingerprint density at radius 1 is 1.00 bits per heavy atom. The van der Waals surface area contributed by atoms with E-state index >= 15 is 0 Å². The van der Waals surface area contributed by atoms with Crippen LogP contribution < -0.4 is 5.32 Å². The predicted molar refractivity (Wildman–Crippen MR) is 133 cm³/mol. The highest BCUT2D eigenvalue weighted by Gasteiger charge is 2.41. The molecule has 0 aliphatic rings. The molecule has 0 unspecified atom stereocenters. The lowest BCUT2D eigenvalue weighted by Gasteiger charge is -2.35. The third-order valence-electron chi connectivity index (χ3n) is 6.63. The van der Waals surface area contributed by atoms with Gasteiger partial charge in [0.2, 0.25) is 0 Å².